The van der Waals surface area contributed by atoms with Gasteiger partial charge in [0.15, 0.2) is 0 Å². The SMILES string of the molecule is CNN1CCC[C@@H](c2cc3c(cc2OC)CCC(=O)N3C(C)C)[C@H]1c1ccccc1. The maximum Gasteiger partial charge on any atom is 0.227 e. The van der Waals surface area contributed by atoms with E-state index in [-0.39, 0.29) is 23.9 Å². The number of nitrogens with zero attached hydrogens (tertiary/aromatic N) is 2. The van der Waals surface area contributed by atoms with Gasteiger partial charge in [-0.25, -0.2) is 5.01 Å². The van der Waals surface area contributed by atoms with Gasteiger partial charge in [0, 0.05) is 36.2 Å². The number of fused-ring (bicyclic) bond motifs is 1. The van der Waals surface area contributed by atoms with Gasteiger partial charge in [0.25, 0.3) is 0 Å². The van der Waals surface area contributed by atoms with Crippen molar-refractivity contribution in [2.45, 2.75) is 57.5 Å². The number of carbonyl (C=O) groups excluding carboxylic acids is 1. The van der Waals surface area contributed by atoms with E-state index in [0.717, 1.165) is 37.2 Å². The lowest BCUT2D eigenvalue weighted by molar-refractivity contribution is -0.119. The zero-order valence-electron chi connectivity index (χ0n) is 18.5. The monoisotopic (exact) mass is 407 g/mol. The Morgan fingerprint density at radius 3 is 2.57 bits per heavy atom. The minimum atomic E-state index is 0.142. The number of anilines is 1. The summed E-state index contributed by atoms with van der Waals surface area (Å²) < 4.78 is 5.90. The fourth-order valence-electron chi connectivity index (χ4n) is 5.21. The number of hydrogen-bond acceptors (Lipinski definition) is 4. The standard InChI is InChI=1S/C25H33N3O2/c1-17(2)28-22-16-21(23(30-4)15-19(22)12-13-24(28)29)20-11-8-14-27(26-3)25(20)18-9-6-5-7-10-18/h5-7,9-10,15-17,20,25-26H,8,11-14H2,1-4H3/t20-,25+/m0/s1. The van der Waals surface area contributed by atoms with Gasteiger partial charge in [-0.15, -0.1) is 0 Å². The summed E-state index contributed by atoms with van der Waals surface area (Å²) in [6, 6.07) is 15.5. The Hall–Kier alpha value is -2.37. The molecular weight excluding hydrogens is 374 g/mol. The molecule has 2 heterocycles. The average molecular weight is 408 g/mol. The second kappa shape index (κ2) is 8.78. The lowest BCUT2D eigenvalue weighted by Gasteiger charge is -2.42. The molecule has 2 atom stereocenters. The van der Waals surface area contributed by atoms with E-state index in [1.54, 1.807) is 7.11 Å². The first-order valence-electron chi connectivity index (χ1n) is 11.1. The van der Waals surface area contributed by atoms with Gasteiger partial charge in [0.1, 0.15) is 5.75 Å². The molecule has 5 nitrogen and oxygen atoms in total. The van der Waals surface area contributed by atoms with Crippen LogP contribution in [0.2, 0.25) is 0 Å². The number of nitrogens with one attached hydrogen (secondary N) is 1. The van der Waals surface area contributed by atoms with E-state index in [0.29, 0.717) is 6.42 Å². The zero-order valence-corrected chi connectivity index (χ0v) is 18.5. The van der Waals surface area contributed by atoms with Crippen molar-refractivity contribution >= 4 is 11.6 Å². The average Bonchev–Trinajstić information content (AvgIpc) is 2.77. The van der Waals surface area contributed by atoms with Crippen molar-refractivity contribution in [2.75, 3.05) is 25.6 Å². The Morgan fingerprint density at radius 2 is 1.90 bits per heavy atom. The minimum Gasteiger partial charge on any atom is -0.496 e. The first-order chi connectivity index (χ1) is 14.5. The van der Waals surface area contributed by atoms with Crippen molar-refractivity contribution in [3.8, 4) is 5.75 Å². The molecule has 0 unspecified atom stereocenters. The van der Waals surface area contributed by atoms with Gasteiger partial charge in [-0.2, -0.15) is 0 Å². The van der Waals surface area contributed by atoms with Crippen molar-refractivity contribution in [1.82, 2.24) is 10.4 Å². The van der Waals surface area contributed by atoms with Crippen LogP contribution in [0.1, 0.15) is 61.8 Å². The zero-order chi connectivity index (χ0) is 21.3. The fourth-order valence-corrected chi connectivity index (χ4v) is 5.21. The summed E-state index contributed by atoms with van der Waals surface area (Å²) >= 11 is 0. The molecule has 1 N–H and O–H groups in total. The summed E-state index contributed by atoms with van der Waals surface area (Å²) in [5.41, 5.74) is 8.18. The molecule has 2 aliphatic rings. The van der Waals surface area contributed by atoms with Gasteiger partial charge in [-0.1, -0.05) is 30.3 Å². The molecule has 1 amide bonds. The normalized spacial score (nSPS) is 22.3. The quantitative estimate of drug-likeness (QED) is 0.796. The molecule has 5 heteroatoms. The van der Waals surface area contributed by atoms with Crippen LogP contribution in [-0.2, 0) is 11.2 Å². The van der Waals surface area contributed by atoms with Crippen LogP contribution >= 0.6 is 0 Å². The molecule has 2 aromatic carbocycles. The topological polar surface area (TPSA) is 44.8 Å². The molecule has 0 aromatic heterocycles. The minimum absolute atomic E-state index is 0.142. The Morgan fingerprint density at radius 1 is 1.13 bits per heavy atom. The first-order valence-corrected chi connectivity index (χ1v) is 11.1. The predicted molar refractivity (Wildman–Crippen MR) is 121 cm³/mol. The molecule has 160 valence electrons. The van der Waals surface area contributed by atoms with Gasteiger partial charge >= 0.3 is 0 Å². The molecule has 2 aliphatic heterocycles. The Labute approximate surface area is 180 Å². The van der Waals surface area contributed by atoms with E-state index in [2.05, 4.69) is 66.7 Å². The van der Waals surface area contributed by atoms with Crippen molar-refractivity contribution < 1.29 is 9.53 Å². The van der Waals surface area contributed by atoms with Gasteiger partial charge in [0.2, 0.25) is 5.91 Å². The van der Waals surface area contributed by atoms with Crippen LogP contribution < -0.4 is 15.1 Å². The Balaban J connectivity index is 1.84. The van der Waals surface area contributed by atoms with Crippen LogP contribution in [0.25, 0.3) is 0 Å². The number of benzene rings is 2. The number of rotatable bonds is 5. The number of piperidine rings is 1. The molecule has 0 aliphatic carbocycles. The van der Waals surface area contributed by atoms with Crippen LogP contribution in [0.5, 0.6) is 5.75 Å². The summed E-state index contributed by atoms with van der Waals surface area (Å²) in [4.78, 5) is 14.7. The third-order valence-electron chi connectivity index (χ3n) is 6.54. The lowest BCUT2D eigenvalue weighted by Crippen LogP contribution is -2.45. The van der Waals surface area contributed by atoms with Crippen LogP contribution in [0, 0.1) is 0 Å². The summed E-state index contributed by atoms with van der Waals surface area (Å²) in [5, 5.41) is 2.34. The van der Waals surface area contributed by atoms with Crippen LogP contribution in [0.4, 0.5) is 5.69 Å². The maximum absolute atomic E-state index is 12.7. The van der Waals surface area contributed by atoms with Crippen LogP contribution in [0.15, 0.2) is 42.5 Å². The first kappa shape index (κ1) is 20.9. The number of methoxy groups -OCH3 is 1. The molecule has 4 rings (SSSR count). The van der Waals surface area contributed by atoms with Crippen molar-refractivity contribution in [3.63, 3.8) is 0 Å². The van der Waals surface area contributed by atoms with Crippen molar-refractivity contribution in [1.29, 1.82) is 0 Å². The molecule has 30 heavy (non-hydrogen) atoms. The van der Waals surface area contributed by atoms with E-state index < -0.39 is 0 Å². The second-order valence-corrected chi connectivity index (χ2v) is 8.60. The lowest BCUT2D eigenvalue weighted by atomic mass is 9.79. The number of aryl methyl sites for hydroxylation is 1. The molecule has 1 saturated heterocycles. The highest BCUT2D eigenvalue weighted by atomic mass is 16.5. The van der Waals surface area contributed by atoms with Crippen molar-refractivity contribution in [3.05, 3.63) is 59.2 Å². The molecule has 0 radical (unpaired) electrons. The summed E-state index contributed by atoms with van der Waals surface area (Å²) in [7, 11) is 3.76. The van der Waals surface area contributed by atoms with Crippen LogP contribution in [-0.4, -0.2) is 37.7 Å². The summed E-state index contributed by atoms with van der Waals surface area (Å²) in [6.45, 7) is 5.19. The predicted octanol–water partition coefficient (Wildman–Crippen LogP) is 4.44. The molecule has 1 fully saturated rings. The molecule has 0 saturated carbocycles. The highest BCUT2D eigenvalue weighted by Gasteiger charge is 2.36. The van der Waals surface area contributed by atoms with Crippen LogP contribution in [0.3, 0.4) is 0 Å². The fraction of sp³-hybridized carbons (Fsp3) is 0.480. The third kappa shape index (κ3) is 3.72. The Kier molecular flexibility index (Phi) is 6.11. The van der Waals surface area contributed by atoms with E-state index in [9.17, 15) is 4.79 Å². The number of amides is 1. The van der Waals surface area contributed by atoms with Gasteiger partial charge in [-0.3, -0.25) is 10.2 Å². The summed E-state index contributed by atoms with van der Waals surface area (Å²) in [6.07, 6.45) is 3.55. The van der Waals surface area contributed by atoms with E-state index >= 15 is 0 Å². The van der Waals surface area contributed by atoms with Gasteiger partial charge < -0.3 is 9.64 Å². The largest absolute Gasteiger partial charge is 0.496 e. The number of hydrazine groups is 1. The third-order valence-corrected chi connectivity index (χ3v) is 6.54. The van der Waals surface area contributed by atoms with Gasteiger partial charge in [-0.05, 0) is 63.4 Å². The van der Waals surface area contributed by atoms with E-state index in [1.165, 1.54) is 16.7 Å². The van der Waals surface area contributed by atoms with E-state index in [4.69, 9.17) is 4.74 Å². The highest BCUT2D eigenvalue weighted by Crippen LogP contribution is 2.47. The molecule has 0 bridgehead atoms. The van der Waals surface area contributed by atoms with E-state index in [1.807, 2.05) is 11.9 Å². The van der Waals surface area contributed by atoms with Gasteiger partial charge in [0.05, 0.1) is 13.2 Å². The highest BCUT2D eigenvalue weighted by molar-refractivity contribution is 5.97. The Bertz CT molecular complexity index is 897. The number of carbonyl (C=O) groups is 1. The summed E-state index contributed by atoms with van der Waals surface area (Å²) in [5.74, 6) is 1.43. The second-order valence-electron chi connectivity index (χ2n) is 8.60. The molecular formula is C25H33N3O2. The van der Waals surface area contributed by atoms with Crippen molar-refractivity contribution in [2.24, 2.45) is 0 Å². The molecule has 0 spiro atoms. The maximum atomic E-state index is 12.7. The number of hydrogen-bond donors (Lipinski definition) is 1. The number of ether oxygens (including phenoxy) is 1. The smallest absolute Gasteiger partial charge is 0.227 e. The molecule has 2 aromatic rings.